The predicted molar refractivity (Wildman–Crippen MR) is 126 cm³/mol. The van der Waals surface area contributed by atoms with Crippen LogP contribution >= 0.6 is 0 Å². The molecule has 1 unspecified atom stereocenters. The first-order chi connectivity index (χ1) is 14.8. The van der Waals surface area contributed by atoms with E-state index >= 15 is 0 Å². The van der Waals surface area contributed by atoms with E-state index in [1.165, 1.54) is 36.0 Å². The average Bonchev–Trinajstić information content (AvgIpc) is 3.25. The first-order valence-corrected chi connectivity index (χ1v) is 12.3. The van der Waals surface area contributed by atoms with Crippen molar-refractivity contribution in [2.24, 2.45) is 10.9 Å². The molecule has 0 aromatic heterocycles. The van der Waals surface area contributed by atoms with E-state index in [0.29, 0.717) is 12.5 Å². The quantitative estimate of drug-likeness (QED) is 0.611. The number of likely N-dealkylation sites (tertiary alicyclic amines) is 1. The van der Waals surface area contributed by atoms with Gasteiger partial charge in [0.25, 0.3) is 0 Å². The number of hydrogen-bond donors (Lipinski definition) is 2. The lowest BCUT2D eigenvalue weighted by Crippen LogP contribution is -2.37. The standard InChI is InChI=1S/C26H41N3O2/c1-25(2)12-13-26(3,4)22-18-20(8-9-21(22)25)23-27-24(31-28-23)19-10-15-29(16-11-19)14-6-5-7-17-30/h8-9,18-19,23,28,30H,5-7,10-17H2,1-4H3. The molecule has 1 aromatic rings. The number of unbranched alkanes of at least 4 members (excludes halogenated alkanes) is 2. The summed E-state index contributed by atoms with van der Waals surface area (Å²) in [4.78, 5) is 13.4. The molecule has 0 amide bonds. The Hall–Kier alpha value is -1.43. The van der Waals surface area contributed by atoms with Gasteiger partial charge in [-0.2, -0.15) is 0 Å². The molecule has 1 atom stereocenters. The van der Waals surface area contributed by atoms with Gasteiger partial charge in [0.15, 0.2) is 6.17 Å². The van der Waals surface area contributed by atoms with Crippen molar-refractivity contribution in [3.05, 3.63) is 34.9 Å². The van der Waals surface area contributed by atoms with Crippen molar-refractivity contribution >= 4 is 5.90 Å². The summed E-state index contributed by atoms with van der Waals surface area (Å²) in [7, 11) is 0. The minimum Gasteiger partial charge on any atom is -0.396 e. The van der Waals surface area contributed by atoms with Gasteiger partial charge in [-0.1, -0.05) is 45.9 Å². The zero-order valence-corrected chi connectivity index (χ0v) is 19.9. The molecule has 0 bridgehead atoms. The first-order valence-electron chi connectivity index (χ1n) is 12.3. The molecule has 0 saturated carbocycles. The maximum atomic E-state index is 8.92. The Morgan fingerprint density at radius 2 is 1.74 bits per heavy atom. The Morgan fingerprint density at radius 3 is 2.45 bits per heavy atom. The molecule has 31 heavy (non-hydrogen) atoms. The van der Waals surface area contributed by atoms with Crippen LogP contribution in [0.25, 0.3) is 0 Å². The number of fused-ring (bicyclic) bond motifs is 1. The van der Waals surface area contributed by atoms with E-state index in [1.54, 1.807) is 0 Å². The normalized spacial score (nSPS) is 25.7. The molecule has 2 N–H and O–H groups in total. The Morgan fingerprint density at radius 1 is 1.03 bits per heavy atom. The third kappa shape index (κ3) is 4.99. The fourth-order valence-electron chi connectivity index (χ4n) is 5.43. The molecule has 4 rings (SSSR count). The molecule has 1 aliphatic carbocycles. The van der Waals surface area contributed by atoms with E-state index in [9.17, 15) is 0 Å². The van der Waals surface area contributed by atoms with Crippen LogP contribution in [-0.2, 0) is 15.7 Å². The van der Waals surface area contributed by atoms with Crippen LogP contribution in [0.1, 0.15) is 95.5 Å². The summed E-state index contributed by atoms with van der Waals surface area (Å²) in [5.74, 6) is 1.31. The predicted octanol–water partition coefficient (Wildman–Crippen LogP) is 4.84. The van der Waals surface area contributed by atoms with Gasteiger partial charge >= 0.3 is 0 Å². The second-order valence-corrected chi connectivity index (χ2v) is 11.1. The number of rotatable bonds is 7. The van der Waals surface area contributed by atoms with Crippen molar-refractivity contribution in [3.63, 3.8) is 0 Å². The van der Waals surface area contributed by atoms with Crippen molar-refractivity contribution in [1.82, 2.24) is 10.4 Å². The van der Waals surface area contributed by atoms with Gasteiger partial charge in [0.1, 0.15) is 0 Å². The highest BCUT2D eigenvalue weighted by Gasteiger charge is 2.38. The smallest absolute Gasteiger partial charge is 0.214 e. The molecule has 172 valence electrons. The fraction of sp³-hybridized carbons (Fsp3) is 0.731. The lowest BCUT2D eigenvalue weighted by atomic mass is 9.63. The highest BCUT2D eigenvalue weighted by molar-refractivity contribution is 5.80. The number of nitrogens with one attached hydrogen (secondary N) is 1. The van der Waals surface area contributed by atoms with Crippen LogP contribution in [0.5, 0.6) is 0 Å². The largest absolute Gasteiger partial charge is 0.396 e. The first kappa shape index (κ1) is 22.8. The number of aliphatic hydroxyl groups excluding tert-OH is 1. The van der Waals surface area contributed by atoms with Gasteiger partial charge in [-0.05, 0) is 92.1 Å². The SMILES string of the molecule is CC1(C)CCC(C)(C)c2cc(C3N=C(C4CCN(CCCCCO)CC4)ON3)ccc21. The molecular formula is C26H41N3O2. The number of hydrogen-bond acceptors (Lipinski definition) is 5. The van der Waals surface area contributed by atoms with Crippen LogP contribution in [-0.4, -0.2) is 42.1 Å². The molecule has 1 aromatic carbocycles. The van der Waals surface area contributed by atoms with Gasteiger partial charge in [0, 0.05) is 12.5 Å². The molecule has 0 radical (unpaired) electrons. The maximum Gasteiger partial charge on any atom is 0.214 e. The van der Waals surface area contributed by atoms with Gasteiger partial charge in [-0.3, -0.25) is 0 Å². The number of hydroxylamine groups is 1. The third-order valence-electron chi connectivity index (χ3n) is 7.79. The van der Waals surface area contributed by atoms with Crippen LogP contribution in [0, 0.1) is 5.92 Å². The van der Waals surface area contributed by atoms with Crippen molar-refractivity contribution in [3.8, 4) is 0 Å². The highest BCUT2D eigenvalue weighted by Crippen LogP contribution is 2.46. The van der Waals surface area contributed by atoms with Gasteiger partial charge in [0.05, 0.1) is 0 Å². The number of benzene rings is 1. The van der Waals surface area contributed by atoms with Crippen LogP contribution in [0.2, 0.25) is 0 Å². The molecule has 5 nitrogen and oxygen atoms in total. The highest BCUT2D eigenvalue weighted by atomic mass is 16.7. The van der Waals surface area contributed by atoms with E-state index in [2.05, 4.69) is 56.3 Å². The summed E-state index contributed by atoms with van der Waals surface area (Å²) in [6, 6.07) is 6.94. The number of piperidine rings is 1. The molecular weight excluding hydrogens is 386 g/mol. The number of nitrogens with zero attached hydrogens (tertiary/aromatic N) is 2. The van der Waals surface area contributed by atoms with Crippen LogP contribution in [0.4, 0.5) is 0 Å². The zero-order valence-electron chi connectivity index (χ0n) is 19.9. The van der Waals surface area contributed by atoms with Crippen molar-refractivity contribution < 1.29 is 9.94 Å². The summed E-state index contributed by atoms with van der Waals surface area (Å²) < 4.78 is 0. The fourth-order valence-corrected chi connectivity index (χ4v) is 5.43. The molecule has 1 saturated heterocycles. The lowest BCUT2D eigenvalue weighted by Gasteiger charge is -2.42. The summed E-state index contributed by atoms with van der Waals surface area (Å²) in [5, 5.41) is 8.92. The van der Waals surface area contributed by atoms with Gasteiger partial charge in [-0.15, -0.1) is 5.48 Å². The molecule has 0 spiro atoms. The van der Waals surface area contributed by atoms with E-state index < -0.39 is 0 Å². The average molecular weight is 428 g/mol. The van der Waals surface area contributed by atoms with Crippen molar-refractivity contribution in [1.29, 1.82) is 0 Å². The van der Waals surface area contributed by atoms with Crippen LogP contribution in [0.15, 0.2) is 23.2 Å². The zero-order chi connectivity index (χ0) is 22.1. The lowest BCUT2D eigenvalue weighted by molar-refractivity contribution is 0.147. The Balaban J connectivity index is 1.39. The van der Waals surface area contributed by atoms with Crippen molar-refractivity contribution in [2.45, 2.75) is 89.6 Å². The molecule has 2 heterocycles. The van der Waals surface area contributed by atoms with E-state index in [-0.39, 0.29) is 17.0 Å². The molecule has 3 aliphatic rings. The summed E-state index contributed by atoms with van der Waals surface area (Å²) in [5.41, 5.74) is 7.81. The van der Waals surface area contributed by atoms with Crippen molar-refractivity contribution in [2.75, 3.05) is 26.2 Å². The van der Waals surface area contributed by atoms with E-state index in [1.807, 2.05) is 0 Å². The minimum atomic E-state index is -0.0994. The Kier molecular flexibility index (Phi) is 6.76. The monoisotopic (exact) mass is 427 g/mol. The summed E-state index contributed by atoms with van der Waals surface area (Å²) >= 11 is 0. The number of aliphatic hydroxyl groups is 1. The number of aliphatic imine (C=N–C) groups is 1. The van der Waals surface area contributed by atoms with Crippen LogP contribution < -0.4 is 5.48 Å². The topological polar surface area (TPSA) is 57.1 Å². The maximum absolute atomic E-state index is 8.92. The minimum absolute atomic E-state index is 0.0994. The second-order valence-electron chi connectivity index (χ2n) is 11.1. The third-order valence-corrected chi connectivity index (χ3v) is 7.79. The molecule has 2 aliphatic heterocycles. The molecule has 1 fully saturated rings. The van der Waals surface area contributed by atoms with Gasteiger partial charge in [0.2, 0.25) is 5.90 Å². The van der Waals surface area contributed by atoms with Gasteiger partial charge in [-0.25, -0.2) is 4.99 Å². The van der Waals surface area contributed by atoms with E-state index in [4.69, 9.17) is 14.9 Å². The van der Waals surface area contributed by atoms with Crippen LogP contribution in [0.3, 0.4) is 0 Å². The van der Waals surface area contributed by atoms with E-state index in [0.717, 1.165) is 51.2 Å². The summed E-state index contributed by atoms with van der Waals surface area (Å²) in [6.45, 7) is 13.2. The second kappa shape index (κ2) is 9.21. The van der Waals surface area contributed by atoms with Gasteiger partial charge < -0.3 is 14.8 Å². The summed E-state index contributed by atoms with van der Waals surface area (Å²) in [6.07, 6.45) is 7.79. The Bertz CT molecular complexity index is 794. The Labute approximate surface area is 188 Å². The molecule has 5 heteroatoms.